The largest absolute Gasteiger partial charge is 0.395 e. The van der Waals surface area contributed by atoms with Crippen LogP contribution in [0.15, 0.2) is 6.07 Å². The minimum absolute atomic E-state index is 0.178. The van der Waals surface area contributed by atoms with Crippen LogP contribution >= 0.6 is 11.3 Å². The number of rotatable bonds is 5. The molecule has 2 heterocycles. The molecule has 0 aliphatic carbocycles. The van der Waals surface area contributed by atoms with Gasteiger partial charge in [-0.1, -0.05) is 11.3 Å². The van der Waals surface area contributed by atoms with Crippen molar-refractivity contribution in [2.45, 2.75) is 6.42 Å². The lowest BCUT2D eigenvalue weighted by molar-refractivity contribution is 0.292. The van der Waals surface area contributed by atoms with Gasteiger partial charge in [-0.3, -0.25) is 0 Å². The highest BCUT2D eigenvalue weighted by atomic mass is 32.1. The van der Waals surface area contributed by atoms with Crippen molar-refractivity contribution in [1.29, 1.82) is 0 Å². The number of nitrogens with two attached hydrogens (primary N) is 1. The molecule has 0 atom stereocenters. The number of nitrogen functional groups attached to an aromatic ring is 1. The summed E-state index contributed by atoms with van der Waals surface area (Å²) in [6.45, 7) is 1.67. The first-order valence-electron chi connectivity index (χ1n) is 4.85. The summed E-state index contributed by atoms with van der Waals surface area (Å²) in [5, 5.41) is 12.3. The smallest absolute Gasteiger partial charge is 0.182 e. The van der Waals surface area contributed by atoms with Gasteiger partial charge in [-0.2, -0.15) is 0 Å². The second kappa shape index (κ2) is 4.61. The van der Waals surface area contributed by atoms with Gasteiger partial charge in [-0.25, -0.2) is 4.98 Å². The van der Waals surface area contributed by atoms with Crippen LogP contribution < -0.4 is 11.1 Å². The highest BCUT2D eigenvalue weighted by Gasteiger charge is 2.05. The van der Waals surface area contributed by atoms with Crippen molar-refractivity contribution in [3.05, 3.63) is 11.8 Å². The zero-order chi connectivity index (χ0) is 10.7. The van der Waals surface area contributed by atoms with E-state index in [4.69, 9.17) is 10.8 Å². The van der Waals surface area contributed by atoms with Gasteiger partial charge in [-0.15, -0.1) is 0 Å². The van der Waals surface area contributed by atoms with Gasteiger partial charge in [0.2, 0.25) is 0 Å². The molecule has 15 heavy (non-hydrogen) atoms. The Hall–Kier alpha value is -1.11. The molecular weight excluding hydrogens is 212 g/mol. The highest BCUT2D eigenvalue weighted by Crippen LogP contribution is 2.24. The molecule has 0 aliphatic heterocycles. The summed E-state index contributed by atoms with van der Waals surface area (Å²) in [5.41, 5.74) is 7.59. The number of aliphatic hydroxyl groups excluding tert-OH is 1. The fourth-order valence-corrected chi connectivity index (χ4v) is 2.20. The summed E-state index contributed by atoms with van der Waals surface area (Å²) < 4.78 is 1.10. The maximum atomic E-state index is 8.58. The number of hydrogen-bond donors (Lipinski definition) is 4. The third-order valence-corrected chi connectivity index (χ3v) is 2.95. The molecule has 0 unspecified atom stereocenters. The number of fused-ring (bicyclic) bond motifs is 1. The second-order valence-corrected chi connectivity index (χ2v) is 4.35. The van der Waals surface area contributed by atoms with Gasteiger partial charge in [0.15, 0.2) is 10.8 Å². The number of hydrogen-bond acceptors (Lipinski definition) is 5. The fraction of sp³-hybridized carbons (Fsp3) is 0.444. The third-order valence-electron chi connectivity index (χ3n) is 2.11. The van der Waals surface area contributed by atoms with Gasteiger partial charge in [0.25, 0.3) is 0 Å². The van der Waals surface area contributed by atoms with Crippen LogP contribution in [0.4, 0.5) is 5.13 Å². The molecule has 0 saturated heterocycles. The maximum Gasteiger partial charge on any atom is 0.182 e. The van der Waals surface area contributed by atoms with Gasteiger partial charge in [0.05, 0.1) is 11.3 Å². The van der Waals surface area contributed by atoms with Crippen LogP contribution in [-0.2, 0) is 6.42 Å². The SMILES string of the molecule is Nc1nc2[nH]c(CCNCCO)cc2s1. The van der Waals surface area contributed by atoms with Crippen LogP contribution in [-0.4, -0.2) is 34.8 Å². The lowest BCUT2D eigenvalue weighted by atomic mass is 10.3. The van der Waals surface area contributed by atoms with E-state index in [0.717, 1.165) is 29.0 Å². The van der Waals surface area contributed by atoms with Crippen molar-refractivity contribution < 1.29 is 5.11 Å². The number of nitrogens with one attached hydrogen (secondary N) is 2. The molecule has 2 rings (SSSR count). The predicted octanol–water partition coefficient (Wildman–Crippen LogP) is 0.331. The summed E-state index contributed by atoms with van der Waals surface area (Å²) >= 11 is 1.49. The Bertz CT molecular complexity index is 405. The van der Waals surface area contributed by atoms with Crippen LogP contribution in [0.5, 0.6) is 0 Å². The molecule has 0 fully saturated rings. The molecule has 0 spiro atoms. The Morgan fingerprint density at radius 2 is 2.40 bits per heavy atom. The van der Waals surface area contributed by atoms with E-state index in [1.165, 1.54) is 11.3 Å². The van der Waals surface area contributed by atoms with E-state index in [2.05, 4.69) is 21.4 Å². The lowest BCUT2D eigenvalue weighted by Gasteiger charge is -1.99. The quantitative estimate of drug-likeness (QED) is 0.553. The van der Waals surface area contributed by atoms with Crippen LogP contribution in [0.3, 0.4) is 0 Å². The third kappa shape index (κ3) is 2.47. The first-order valence-corrected chi connectivity index (χ1v) is 5.66. The van der Waals surface area contributed by atoms with Crippen LogP contribution in [0.25, 0.3) is 10.3 Å². The molecule has 5 N–H and O–H groups in total. The van der Waals surface area contributed by atoms with Crippen molar-refractivity contribution in [1.82, 2.24) is 15.3 Å². The van der Waals surface area contributed by atoms with Crippen molar-refractivity contribution in [2.24, 2.45) is 0 Å². The van der Waals surface area contributed by atoms with Crippen molar-refractivity contribution in [2.75, 3.05) is 25.4 Å². The number of aliphatic hydroxyl groups is 1. The van der Waals surface area contributed by atoms with Crippen molar-refractivity contribution in [3.63, 3.8) is 0 Å². The van der Waals surface area contributed by atoms with Gasteiger partial charge in [0.1, 0.15) is 0 Å². The van der Waals surface area contributed by atoms with E-state index in [9.17, 15) is 0 Å². The average molecular weight is 226 g/mol. The topological polar surface area (TPSA) is 87.0 Å². The predicted molar refractivity (Wildman–Crippen MR) is 62.0 cm³/mol. The van der Waals surface area contributed by atoms with E-state index in [-0.39, 0.29) is 6.61 Å². The zero-order valence-electron chi connectivity index (χ0n) is 8.29. The van der Waals surface area contributed by atoms with Crippen LogP contribution in [0, 0.1) is 0 Å². The molecule has 82 valence electrons. The molecule has 0 saturated carbocycles. The van der Waals surface area contributed by atoms with Crippen molar-refractivity contribution >= 4 is 26.8 Å². The zero-order valence-corrected chi connectivity index (χ0v) is 9.10. The summed E-state index contributed by atoms with van der Waals surface area (Å²) in [4.78, 5) is 7.37. The van der Waals surface area contributed by atoms with E-state index >= 15 is 0 Å². The van der Waals surface area contributed by atoms with Gasteiger partial charge in [0, 0.05) is 25.2 Å². The molecule has 2 aromatic heterocycles. The fourth-order valence-electron chi connectivity index (χ4n) is 1.44. The summed E-state index contributed by atoms with van der Waals surface area (Å²) in [5.74, 6) is 0. The Morgan fingerprint density at radius 1 is 1.53 bits per heavy atom. The number of nitrogens with zero attached hydrogens (tertiary/aromatic N) is 1. The highest BCUT2D eigenvalue weighted by molar-refractivity contribution is 7.22. The molecular formula is C9H14N4OS. The molecule has 0 bridgehead atoms. The molecule has 0 aromatic carbocycles. The number of thiazole rings is 1. The van der Waals surface area contributed by atoms with Gasteiger partial charge in [-0.05, 0) is 6.07 Å². The van der Waals surface area contributed by atoms with E-state index < -0.39 is 0 Å². The van der Waals surface area contributed by atoms with E-state index in [1.54, 1.807) is 0 Å². The molecule has 0 aliphatic rings. The standard InChI is InChI=1S/C9H14N4OS/c10-9-13-8-7(15-9)5-6(12-8)1-2-11-3-4-14/h5,11-12,14H,1-4H2,(H2,10,13). The normalized spacial score (nSPS) is 11.3. The summed E-state index contributed by atoms with van der Waals surface area (Å²) in [6.07, 6.45) is 0.906. The average Bonchev–Trinajstić information content (AvgIpc) is 2.69. The van der Waals surface area contributed by atoms with E-state index in [0.29, 0.717) is 11.7 Å². The summed E-state index contributed by atoms with van der Waals surface area (Å²) in [6, 6.07) is 2.07. The van der Waals surface area contributed by atoms with Crippen LogP contribution in [0.1, 0.15) is 5.69 Å². The van der Waals surface area contributed by atoms with Gasteiger partial charge >= 0.3 is 0 Å². The number of anilines is 1. The van der Waals surface area contributed by atoms with Crippen LogP contribution in [0.2, 0.25) is 0 Å². The second-order valence-electron chi connectivity index (χ2n) is 3.28. The first kappa shape index (κ1) is 10.4. The molecule has 5 nitrogen and oxygen atoms in total. The summed E-state index contributed by atoms with van der Waals surface area (Å²) in [7, 11) is 0. The number of aromatic nitrogens is 2. The molecule has 6 heteroatoms. The monoisotopic (exact) mass is 226 g/mol. The van der Waals surface area contributed by atoms with E-state index in [1.807, 2.05) is 0 Å². The first-order chi connectivity index (χ1) is 7.29. The molecule has 0 radical (unpaired) electrons. The Morgan fingerprint density at radius 3 is 3.13 bits per heavy atom. The minimum Gasteiger partial charge on any atom is -0.395 e. The Kier molecular flexibility index (Phi) is 3.20. The van der Waals surface area contributed by atoms with Crippen molar-refractivity contribution in [3.8, 4) is 0 Å². The Labute approximate surface area is 91.3 Å². The molecule has 2 aromatic rings. The minimum atomic E-state index is 0.178. The number of aromatic amines is 1. The van der Waals surface area contributed by atoms with Gasteiger partial charge < -0.3 is 21.1 Å². The lowest BCUT2D eigenvalue weighted by Crippen LogP contribution is -2.20. The Balaban J connectivity index is 1.94. The maximum absolute atomic E-state index is 8.58. The number of H-pyrrole nitrogens is 1. The molecule has 0 amide bonds.